The van der Waals surface area contributed by atoms with Crippen LogP contribution < -0.4 is 4.90 Å². The zero-order valence-corrected chi connectivity index (χ0v) is 22.2. The molecule has 0 radical (unpaired) electrons. The maximum Gasteiger partial charge on any atom is 0.223 e. The van der Waals surface area contributed by atoms with Crippen molar-refractivity contribution in [2.24, 2.45) is 0 Å². The van der Waals surface area contributed by atoms with Gasteiger partial charge in [-0.2, -0.15) is 5.10 Å². The van der Waals surface area contributed by atoms with Crippen molar-refractivity contribution in [3.05, 3.63) is 114 Å². The molecule has 1 aliphatic rings. The van der Waals surface area contributed by atoms with Gasteiger partial charge in [0.2, 0.25) is 5.91 Å². The SMILES string of the molecule is Cc1ccc(Cc2nc(N3CCN(C(=O)CCc4ccccc4)CC3)c3cnn(-c4ccccc4)c3n2)cc1. The number of piperazine rings is 1. The fourth-order valence-electron chi connectivity index (χ4n) is 5.13. The van der Waals surface area contributed by atoms with E-state index in [4.69, 9.17) is 15.1 Å². The van der Waals surface area contributed by atoms with Crippen LogP contribution in [-0.4, -0.2) is 56.7 Å². The maximum atomic E-state index is 12.9. The van der Waals surface area contributed by atoms with Crippen LogP contribution in [0.1, 0.15) is 28.9 Å². The summed E-state index contributed by atoms with van der Waals surface area (Å²) in [6.45, 7) is 4.90. The van der Waals surface area contributed by atoms with Gasteiger partial charge < -0.3 is 9.80 Å². The van der Waals surface area contributed by atoms with Crippen LogP contribution in [0.4, 0.5) is 5.82 Å². The van der Waals surface area contributed by atoms with Gasteiger partial charge in [0.1, 0.15) is 11.6 Å². The summed E-state index contributed by atoms with van der Waals surface area (Å²) < 4.78 is 1.89. The van der Waals surface area contributed by atoms with Gasteiger partial charge in [0.05, 0.1) is 17.3 Å². The van der Waals surface area contributed by atoms with Crippen molar-refractivity contribution in [2.45, 2.75) is 26.2 Å². The van der Waals surface area contributed by atoms with E-state index in [9.17, 15) is 4.79 Å². The number of carbonyl (C=O) groups excluding carboxylic acids is 1. The summed E-state index contributed by atoms with van der Waals surface area (Å²) in [6.07, 6.45) is 3.81. The highest BCUT2D eigenvalue weighted by Gasteiger charge is 2.25. The Morgan fingerprint density at radius 2 is 1.49 bits per heavy atom. The Bertz CT molecular complexity index is 1560. The number of benzene rings is 3. The van der Waals surface area contributed by atoms with Crippen LogP contribution in [0.5, 0.6) is 0 Å². The normalized spacial score (nSPS) is 13.7. The lowest BCUT2D eigenvalue weighted by atomic mass is 10.1. The quantitative estimate of drug-likeness (QED) is 0.305. The van der Waals surface area contributed by atoms with Gasteiger partial charge in [0, 0.05) is 39.0 Å². The molecule has 0 bridgehead atoms. The molecule has 1 amide bonds. The van der Waals surface area contributed by atoms with E-state index in [1.165, 1.54) is 16.7 Å². The molecule has 0 atom stereocenters. The van der Waals surface area contributed by atoms with E-state index in [1.54, 1.807) is 0 Å². The topological polar surface area (TPSA) is 67.2 Å². The average molecular weight is 517 g/mol. The number of para-hydroxylation sites is 1. The molecule has 1 fully saturated rings. The molecule has 7 heteroatoms. The van der Waals surface area contributed by atoms with Crippen molar-refractivity contribution >= 4 is 22.8 Å². The average Bonchev–Trinajstić information content (AvgIpc) is 3.42. The standard InChI is InChI=1S/C32H32N6O/c1-24-12-14-26(15-13-24)22-29-34-31(28-23-33-38(32(28)35-29)27-10-6-3-7-11-27)37-20-18-36(19-21-37)30(39)17-16-25-8-4-2-5-9-25/h2-15,23H,16-22H2,1H3. The van der Waals surface area contributed by atoms with Crippen molar-refractivity contribution < 1.29 is 4.79 Å². The second-order valence-corrected chi connectivity index (χ2v) is 10.1. The Hall–Kier alpha value is -4.52. The van der Waals surface area contributed by atoms with Crippen LogP contribution in [0.3, 0.4) is 0 Å². The van der Waals surface area contributed by atoms with Gasteiger partial charge >= 0.3 is 0 Å². The van der Waals surface area contributed by atoms with Crippen molar-refractivity contribution in [1.29, 1.82) is 0 Å². The molecule has 0 N–H and O–H groups in total. The van der Waals surface area contributed by atoms with E-state index in [0.29, 0.717) is 25.9 Å². The minimum Gasteiger partial charge on any atom is -0.352 e. The first kappa shape index (κ1) is 24.8. The van der Waals surface area contributed by atoms with E-state index in [2.05, 4.69) is 48.2 Å². The molecule has 6 rings (SSSR count). The zero-order valence-electron chi connectivity index (χ0n) is 22.2. The summed E-state index contributed by atoms with van der Waals surface area (Å²) in [7, 11) is 0. The van der Waals surface area contributed by atoms with Crippen LogP contribution in [0.25, 0.3) is 16.7 Å². The van der Waals surface area contributed by atoms with E-state index in [1.807, 2.05) is 64.3 Å². The summed E-state index contributed by atoms with van der Waals surface area (Å²) in [5.41, 5.74) is 5.37. The third-order valence-corrected chi connectivity index (χ3v) is 7.34. The first-order chi connectivity index (χ1) is 19.1. The summed E-state index contributed by atoms with van der Waals surface area (Å²) >= 11 is 0. The first-order valence-corrected chi connectivity index (χ1v) is 13.6. The molecule has 39 heavy (non-hydrogen) atoms. The van der Waals surface area contributed by atoms with Crippen LogP contribution in [-0.2, 0) is 17.6 Å². The highest BCUT2D eigenvalue weighted by molar-refractivity contribution is 5.88. The number of hydrogen-bond acceptors (Lipinski definition) is 5. The van der Waals surface area contributed by atoms with Crippen molar-refractivity contribution in [3.8, 4) is 5.69 Å². The van der Waals surface area contributed by atoms with Crippen LogP contribution in [0.15, 0.2) is 91.1 Å². The van der Waals surface area contributed by atoms with Crippen molar-refractivity contribution in [2.75, 3.05) is 31.1 Å². The molecule has 1 aliphatic heterocycles. The Kier molecular flexibility index (Phi) is 7.04. The molecule has 1 saturated heterocycles. The number of aryl methyl sites for hydroxylation is 2. The molecular weight excluding hydrogens is 484 g/mol. The van der Waals surface area contributed by atoms with Crippen molar-refractivity contribution in [1.82, 2.24) is 24.6 Å². The van der Waals surface area contributed by atoms with Gasteiger partial charge in [0.25, 0.3) is 0 Å². The van der Waals surface area contributed by atoms with E-state index < -0.39 is 0 Å². The largest absolute Gasteiger partial charge is 0.352 e. The van der Waals surface area contributed by atoms with Gasteiger partial charge in [-0.25, -0.2) is 14.6 Å². The van der Waals surface area contributed by atoms with Crippen molar-refractivity contribution in [3.63, 3.8) is 0 Å². The van der Waals surface area contributed by atoms with Crippen LogP contribution in [0.2, 0.25) is 0 Å². The minimum atomic E-state index is 0.211. The number of fused-ring (bicyclic) bond motifs is 1. The first-order valence-electron chi connectivity index (χ1n) is 13.6. The molecular formula is C32H32N6O. The van der Waals surface area contributed by atoms with E-state index >= 15 is 0 Å². The highest BCUT2D eigenvalue weighted by atomic mass is 16.2. The van der Waals surface area contributed by atoms with Gasteiger partial charge in [-0.1, -0.05) is 78.4 Å². The molecule has 3 aromatic carbocycles. The van der Waals surface area contributed by atoms with Gasteiger partial charge in [0.15, 0.2) is 5.65 Å². The molecule has 0 spiro atoms. The Morgan fingerprint density at radius 1 is 0.795 bits per heavy atom. The smallest absolute Gasteiger partial charge is 0.223 e. The van der Waals surface area contributed by atoms with Crippen LogP contribution in [0, 0.1) is 6.92 Å². The third-order valence-electron chi connectivity index (χ3n) is 7.34. The van der Waals surface area contributed by atoms with Gasteiger partial charge in [-0.3, -0.25) is 4.79 Å². The van der Waals surface area contributed by atoms with Gasteiger partial charge in [-0.05, 0) is 36.6 Å². The lowest BCUT2D eigenvalue weighted by Gasteiger charge is -2.35. The highest BCUT2D eigenvalue weighted by Crippen LogP contribution is 2.27. The molecule has 0 unspecified atom stereocenters. The maximum absolute atomic E-state index is 12.9. The summed E-state index contributed by atoms with van der Waals surface area (Å²) in [4.78, 5) is 27.2. The predicted octanol–water partition coefficient (Wildman–Crippen LogP) is 5.00. The Labute approximate surface area is 228 Å². The zero-order chi connectivity index (χ0) is 26.6. The summed E-state index contributed by atoms with van der Waals surface area (Å²) in [5, 5.41) is 5.63. The van der Waals surface area contributed by atoms with Crippen LogP contribution >= 0.6 is 0 Å². The minimum absolute atomic E-state index is 0.211. The third kappa shape index (κ3) is 5.53. The molecule has 5 aromatic rings. The second-order valence-electron chi connectivity index (χ2n) is 10.1. The Balaban J connectivity index is 1.25. The number of amides is 1. The molecule has 3 heterocycles. The number of nitrogens with zero attached hydrogens (tertiary/aromatic N) is 6. The second kappa shape index (κ2) is 11.1. The molecule has 2 aromatic heterocycles. The molecule has 7 nitrogen and oxygen atoms in total. The number of hydrogen-bond donors (Lipinski definition) is 0. The monoisotopic (exact) mass is 516 g/mol. The summed E-state index contributed by atoms with van der Waals surface area (Å²) in [5.74, 6) is 1.87. The fraction of sp³-hybridized carbons (Fsp3) is 0.250. The molecule has 0 saturated carbocycles. The number of aromatic nitrogens is 4. The van der Waals surface area contributed by atoms with E-state index in [-0.39, 0.29) is 5.91 Å². The lowest BCUT2D eigenvalue weighted by molar-refractivity contribution is -0.131. The number of carbonyl (C=O) groups is 1. The molecule has 196 valence electrons. The number of anilines is 1. The predicted molar refractivity (Wildman–Crippen MR) is 154 cm³/mol. The van der Waals surface area contributed by atoms with Gasteiger partial charge in [-0.15, -0.1) is 0 Å². The summed E-state index contributed by atoms with van der Waals surface area (Å²) in [6, 6.07) is 28.8. The molecule has 0 aliphatic carbocycles. The number of rotatable bonds is 7. The Morgan fingerprint density at radius 3 is 2.21 bits per heavy atom. The fourth-order valence-corrected chi connectivity index (χ4v) is 5.13. The lowest BCUT2D eigenvalue weighted by Crippen LogP contribution is -2.49. The van der Waals surface area contributed by atoms with E-state index in [0.717, 1.165) is 47.9 Å².